The molecule has 3 aromatic rings. The summed E-state index contributed by atoms with van der Waals surface area (Å²) in [6.07, 6.45) is 0. The van der Waals surface area contributed by atoms with Crippen molar-refractivity contribution >= 4 is 29.4 Å². The van der Waals surface area contributed by atoms with Crippen molar-refractivity contribution in [3.8, 4) is 0 Å². The number of carbonyl (C=O) groups is 2. The summed E-state index contributed by atoms with van der Waals surface area (Å²) in [4.78, 5) is 33.2. The van der Waals surface area contributed by atoms with Crippen LogP contribution < -0.4 is 16.0 Å². The molecule has 7 nitrogen and oxygen atoms in total. The molecule has 27 heavy (non-hydrogen) atoms. The smallest absolute Gasteiger partial charge is 0.258 e. The van der Waals surface area contributed by atoms with Crippen LogP contribution in [0.15, 0.2) is 60.7 Å². The van der Waals surface area contributed by atoms with Gasteiger partial charge >= 0.3 is 0 Å². The van der Waals surface area contributed by atoms with E-state index in [9.17, 15) is 9.59 Å². The SMILES string of the molecule is CNc1cc(NC(=O)c2ccccc2)nc(NC(=O)c2cccc(C)c2)n1. The lowest BCUT2D eigenvalue weighted by Gasteiger charge is -2.10. The summed E-state index contributed by atoms with van der Waals surface area (Å²) in [7, 11) is 1.69. The van der Waals surface area contributed by atoms with Gasteiger partial charge in [-0.3, -0.25) is 14.9 Å². The summed E-state index contributed by atoms with van der Waals surface area (Å²) in [5.74, 6) is 0.215. The third-order valence-electron chi connectivity index (χ3n) is 3.77. The second-order valence-corrected chi connectivity index (χ2v) is 5.86. The number of carbonyl (C=O) groups excluding carboxylic acids is 2. The number of amides is 2. The zero-order chi connectivity index (χ0) is 19.2. The van der Waals surface area contributed by atoms with E-state index in [1.54, 1.807) is 55.6 Å². The van der Waals surface area contributed by atoms with Crippen molar-refractivity contribution in [1.82, 2.24) is 9.97 Å². The zero-order valence-electron chi connectivity index (χ0n) is 15.0. The van der Waals surface area contributed by atoms with Gasteiger partial charge in [0.2, 0.25) is 5.95 Å². The van der Waals surface area contributed by atoms with E-state index < -0.39 is 0 Å². The minimum Gasteiger partial charge on any atom is -0.373 e. The summed E-state index contributed by atoms with van der Waals surface area (Å²) in [5.41, 5.74) is 1.99. The molecule has 0 saturated carbocycles. The van der Waals surface area contributed by atoms with E-state index in [2.05, 4.69) is 25.9 Å². The van der Waals surface area contributed by atoms with Crippen LogP contribution in [-0.2, 0) is 0 Å². The molecular formula is C20H19N5O2. The second kappa shape index (κ2) is 8.09. The average molecular weight is 361 g/mol. The van der Waals surface area contributed by atoms with Crippen LogP contribution in [0, 0.1) is 6.92 Å². The van der Waals surface area contributed by atoms with Gasteiger partial charge < -0.3 is 10.6 Å². The van der Waals surface area contributed by atoms with Gasteiger partial charge in [0.15, 0.2) is 0 Å². The third kappa shape index (κ3) is 4.66. The topological polar surface area (TPSA) is 96.0 Å². The normalized spacial score (nSPS) is 10.1. The van der Waals surface area contributed by atoms with Crippen molar-refractivity contribution < 1.29 is 9.59 Å². The van der Waals surface area contributed by atoms with Crippen molar-refractivity contribution in [2.24, 2.45) is 0 Å². The Balaban J connectivity index is 1.81. The lowest BCUT2D eigenvalue weighted by atomic mass is 10.1. The van der Waals surface area contributed by atoms with Crippen LogP contribution in [0.3, 0.4) is 0 Å². The predicted molar refractivity (Wildman–Crippen MR) is 105 cm³/mol. The van der Waals surface area contributed by atoms with Crippen molar-refractivity contribution in [3.63, 3.8) is 0 Å². The number of hydrogen-bond acceptors (Lipinski definition) is 5. The van der Waals surface area contributed by atoms with Gasteiger partial charge in [0.25, 0.3) is 11.8 Å². The van der Waals surface area contributed by atoms with Crippen molar-refractivity contribution in [2.75, 3.05) is 23.0 Å². The van der Waals surface area contributed by atoms with Crippen molar-refractivity contribution in [2.45, 2.75) is 6.92 Å². The van der Waals surface area contributed by atoms with Gasteiger partial charge in [0, 0.05) is 24.2 Å². The number of rotatable bonds is 5. The Morgan fingerprint density at radius 2 is 1.44 bits per heavy atom. The minimum atomic E-state index is -0.327. The molecule has 0 aliphatic heterocycles. The molecule has 0 spiro atoms. The molecule has 1 aromatic heterocycles. The summed E-state index contributed by atoms with van der Waals surface area (Å²) in [5, 5.41) is 8.26. The number of hydrogen-bond donors (Lipinski definition) is 3. The predicted octanol–water partition coefficient (Wildman–Crippen LogP) is 3.33. The molecule has 0 aliphatic carbocycles. The molecule has 7 heteroatoms. The molecule has 136 valence electrons. The Bertz CT molecular complexity index is 973. The lowest BCUT2D eigenvalue weighted by Crippen LogP contribution is -2.17. The van der Waals surface area contributed by atoms with Crippen LogP contribution in [0.4, 0.5) is 17.6 Å². The van der Waals surface area contributed by atoms with Crippen LogP contribution in [0.25, 0.3) is 0 Å². The highest BCUT2D eigenvalue weighted by molar-refractivity contribution is 6.05. The number of anilines is 3. The van der Waals surface area contributed by atoms with E-state index in [0.29, 0.717) is 16.9 Å². The number of nitrogens with zero attached hydrogens (tertiary/aromatic N) is 2. The standard InChI is InChI=1S/C20H19N5O2/c1-13-7-6-10-15(11-13)19(27)25-20-23-16(21-2)12-17(24-20)22-18(26)14-8-4-3-5-9-14/h3-12H,1-2H3,(H3,21,22,23,24,25,26,27). The molecule has 3 rings (SSSR count). The van der Waals surface area contributed by atoms with Crippen LogP contribution >= 0.6 is 0 Å². The highest BCUT2D eigenvalue weighted by atomic mass is 16.2. The van der Waals surface area contributed by atoms with Gasteiger partial charge in [-0.2, -0.15) is 9.97 Å². The molecular weight excluding hydrogens is 342 g/mol. The number of aryl methyl sites for hydroxylation is 1. The Labute approximate surface area is 156 Å². The number of aromatic nitrogens is 2. The Morgan fingerprint density at radius 3 is 2.15 bits per heavy atom. The Morgan fingerprint density at radius 1 is 0.778 bits per heavy atom. The van der Waals surface area contributed by atoms with E-state index in [-0.39, 0.29) is 23.6 Å². The molecule has 0 fully saturated rings. The van der Waals surface area contributed by atoms with E-state index in [0.717, 1.165) is 5.56 Å². The first-order valence-corrected chi connectivity index (χ1v) is 8.36. The maximum absolute atomic E-state index is 12.4. The third-order valence-corrected chi connectivity index (χ3v) is 3.77. The fourth-order valence-electron chi connectivity index (χ4n) is 2.43. The molecule has 3 N–H and O–H groups in total. The summed E-state index contributed by atoms with van der Waals surface area (Å²) >= 11 is 0. The first-order valence-electron chi connectivity index (χ1n) is 8.36. The second-order valence-electron chi connectivity index (χ2n) is 5.86. The molecule has 0 saturated heterocycles. The first-order chi connectivity index (χ1) is 13.0. The van der Waals surface area contributed by atoms with Crippen LogP contribution in [-0.4, -0.2) is 28.8 Å². The van der Waals surface area contributed by atoms with E-state index in [1.807, 2.05) is 19.1 Å². The number of benzene rings is 2. The van der Waals surface area contributed by atoms with Gasteiger partial charge in [-0.25, -0.2) is 0 Å². The molecule has 0 atom stereocenters. The molecule has 0 aliphatic rings. The molecule has 2 aromatic carbocycles. The van der Waals surface area contributed by atoms with Gasteiger partial charge in [-0.05, 0) is 31.2 Å². The summed E-state index contributed by atoms with van der Waals surface area (Å²) in [6.45, 7) is 1.91. The molecule has 0 unspecified atom stereocenters. The fourth-order valence-corrected chi connectivity index (χ4v) is 2.43. The lowest BCUT2D eigenvalue weighted by molar-refractivity contribution is 0.101. The summed E-state index contributed by atoms with van der Waals surface area (Å²) < 4.78 is 0. The van der Waals surface area contributed by atoms with Gasteiger partial charge in [-0.15, -0.1) is 0 Å². The van der Waals surface area contributed by atoms with Crippen LogP contribution in [0.5, 0.6) is 0 Å². The average Bonchev–Trinajstić information content (AvgIpc) is 2.68. The van der Waals surface area contributed by atoms with E-state index >= 15 is 0 Å². The summed E-state index contributed by atoms with van der Waals surface area (Å²) in [6, 6.07) is 17.6. The quantitative estimate of drug-likeness (QED) is 0.648. The fraction of sp³-hybridized carbons (Fsp3) is 0.100. The maximum atomic E-state index is 12.4. The molecule has 0 bridgehead atoms. The monoisotopic (exact) mass is 361 g/mol. The Hall–Kier alpha value is -3.74. The first kappa shape index (κ1) is 18.1. The molecule has 1 heterocycles. The van der Waals surface area contributed by atoms with Crippen LogP contribution in [0.2, 0.25) is 0 Å². The van der Waals surface area contributed by atoms with Gasteiger partial charge in [0.1, 0.15) is 11.6 Å². The van der Waals surface area contributed by atoms with Crippen LogP contribution in [0.1, 0.15) is 26.3 Å². The maximum Gasteiger partial charge on any atom is 0.258 e. The number of nitrogens with one attached hydrogen (secondary N) is 3. The zero-order valence-corrected chi connectivity index (χ0v) is 15.0. The van der Waals surface area contributed by atoms with Crippen molar-refractivity contribution in [3.05, 3.63) is 77.4 Å². The van der Waals surface area contributed by atoms with Crippen molar-refractivity contribution in [1.29, 1.82) is 0 Å². The largest absolute Gasteiger partial charge is 0.373 e. The molecule has 2 amide bonds. The van der Waals surface area contributed by atoms with Gasteiger partial charge in [0.05, 0.1) is 0 Å². The van der Waals surface area contributed by atoms with E-state index in [4.69, 9.17) is 0 Å². The van der Waals surface area contributed by atoms with E-state index in [1.165, 1.54) is 0 Å². The minimum absolute atomic E-state index is 0.0942. The highest BCUT2D eigenvalue weighted by Crippen LogP contribution is 2.16. The Kier molecular flexibility index (Phi) is 5.41. The molecule has 0 radical (unpaired) electrons. The highest BCUT2D eigenvalue weighted by Gasteiger charge is 2.12. The van der Waals surface area contributed by atoms with Gasteiger partial charge in [-0.1, -0.05) is 35.9 Å².